The van der Waals surface area contributed by atoms with E-state index >= 15 is 0 Å². The van der Waals surface area contributed by atoms with Crippen molar-refractivity contribution in [1.29, 1.82) is 0 Å². The van der Waals surface area contributed by atoms with E-state index in [2.05, 4.69) is 10.6 Å². The maximum absolute atomic E-state index is 12.8. The molecule has 2 unspecified atom stereocenters. The summed E-state index contributed by atoms with van der Waals surface area (Å²) in [6, 6.07) is 11.1. The summed E-state index contributed by atoms with van der Waals surface area (Å²) in [5, 5.41) is 6.10. The predicted octanol–water partition coefficient (Wildman–Crippen LogP) is 4.18. The van der Waals surface area contributed by atoms with Gasteiger partial charge in [0.05, 0.1) is 17.0 Å². The fourth-order valence-corrected chi connectivity index (χ4v) is 5.08. The Morgan fingerprint density at radius 3 is 2.77 bits per heavy atom. The number of hydrogen-bond donors (Lipinski definition) is 2. The Labute approximate surface area is 183 Å². The summed E-state index contributed by atoms with van der Waals surface area (Å²) >= 11 is 7.40. The van der Waals surface area contributed by atoms with Crippen LogP contribution in [-0.4, -0.2) is 30.3 Å². The number of hydrogen-bond acceptors (Lipinski definition) is 5. The van der Waals surface area contributed by atoms with Crippen molar-refractivity contribution >= 4 is 40.9 Å². The van der Waals surface area contributed by atoms with Crippen molar-refractivity contribution in [1.82, 2.24) is 5.32 Å². The average Bonchev–Trinajstić information content (AvgIpc) is 3.57. The van der Waals surface area contributed by atoms with Gasteiger partial charge in [0.1, 0.15) is 13.2 Å². The van der Waals surface area contributed by atoms with E-state index in [1.807, 2.05) is 24.3 Å². The fraction of sp³-hybridized carbons (Fsp3) is 0.364. The minimum atomic E-state index is -0.473. The van der Waals surface area contributed by atoms with E-state index in [1.54, 1.807) is 12.1 Å². The fourth-order valence-electron chi connectivity index (χ4n) is 3.81. The van der Waals surface area contributed by atoms with Gasteiger partial charge in [-0.1, -0.05) is 17.7 Å². The number of benzene rings is 2. The quantitative estimate of drug-likeness (QED) is 0.723. The average molecular weight is 445 g/mol. The summed E-state index contributed by atoms with van der Waals surface area (Å²) in [4.78, 5) is 26.2. The molecule has 2 amide bonds. The van der Waals surface area contributed by atoms with Crippen LogP contribution in [0.15, 0.2) is 41.3 Å². The van der Waals surface area contributed by atoms with Gasteiger partial charge >= 0.3 is 0 Å². The largest absolute Gasteiger partial charge is 0.486 e. The third-order valence-corrected chi connectivity index (χ3v) is 6.98. The smallest absolute Gasteiger partial charge is 0.238 e. The minimum absolute atomic E-state index is 0.0870. The van der Waals surface area contributed by atoms with Crippen LogP contribution in [0.5, 0.6) is 11.5 Å². The first-order chi connectivity index (χ1) is 14.6. The second-order valence-electron chi connectivity index (χ2n) is 7.73. The van der Waals surface area contributed by atoms with Gasteiger partial charge in [-0.15, -0.1) is 11.8 Å². The van der Waals surface area contributed by atoms with Crippen LogP contribution >= 0.6 is 23.4 Å². The van der Waals surface area contributed by atoms with Gasteiger partial charge in [0.2, 0.25) is 11.8 Å². The lowest BCUT2D eigenvalue weighted by atomic mass is 10.0. The summed E-state index contributed by atoms with van der Waals surface area (Å²) in [5.41, 5.74) is 1.71. The molecule has 0 spiro atoms. The first-order valence-electron chi connectivity index (χ1n) is 10.0. The molecule has 0 aromatic heterocycles. The molecule has 5 rings (SSSR count). The van der Waals surface area contributed by atoms with Gasteiger partial charge in [0, 0.05) is 16.3 Å². The molecule has 2 aromatic carbocycles. The van der Waals surface area contributed by atoms with Crippen LogP contribution in [0, 0.1) is 5.92 Å². The first kappa shape index (κ1) is 19.6. The number of thioether (sulfide) groups is 1. The van der Waals surface area contributed by atoms with E-state index in [0.717, 1.165) is 34.8 Å². The lowest BCUT2D eigenvalue weighted by Gasteiger charge is -2.26. The van der Waals surface area contributed by atoms with Crippen molar-refractivity contribution in [2.75, 3.05) is 18.5 Å². The van der Waals surface area contributed by atoms with Crippen molar-refractivity contribution in [3.05, 3.63) is 47.0 Å². The number of anilines is 1. The molecule has 1 saturated carbocycles. The summed E-state index contributed by atoms with van der Waals surface area (Å²) in [7, 11) is 0. The second-order valence-corrected chi connectivity index (χ2v) is 9.41. The molecular formula is C22H21ClN2O4S. The van der Waals surface area contributed by atoms with Crippen molar-refractivity contribution in [2.24, 2.45) is 5.92 Å². The maximum Gasteiger partial charge on any atom is 0.238 e. The van der Waals surface area contributed by atoms with Gasteiger partial charge in [0.25, 0.3) is 0 Å². The number of amides is 2. The Balaban J connectivity index is 1.28. The third-order valence-electron chi connectivity index (χ3n) is 5.47. The molecular weight excluding hydrogens is 424 g/mol. The molecule has 2 atom stereocenters. The van der Waals surface area contributed by atoms with Crippen molar-refractivity contribution in [3.8, 4) is 11.5 Å². The maximum atomic E-state index is 12.8. The highest BCUT2D eigenvalue weighted by atomic mass is 35.5. The molecule has 30 heavy (non-hydrogen) atoms. The highest BCUT2D eigenvalue weighted by Gasteiger charge is 2.36. The Bertz CT molecular complexity index is 1010. The SMILES string of the molecule is O=C(CC1Sc2ccc(Cl)cc2NC1=O)NC(c1ccc2c(c1)OCCO2)C1CC1. The number of ether oxygens (including phenoxy) is 2. The van der Waals surface area contributed by atoms with Crippen molar-refractivity contribution in [2.45, 2.75) is 35.4 Å². The molecule has 6 nitrogen and oxygen atoms in total. The van der Waals surface area contributed by atoms with Gasteiger partial charge in [-0.25, -0.2) is 0 Å². The van der Waals surface area contributed by atoms with Crippen LogP contribution < -0.4 is 20.1 Å². The molecule has 2 heterocycles. The van der Waals surface area contributed by atoms with Gasteiger partial charge in [0.15, 0.2) is 11.5 Å². The van der Waals surface area contributed by atoms with Gasteiger partial charge in [-0.2, -0.15) is 0 Å². The van der Waals surface area contributed by atoms with Crippen LogP contribution in [0.25, 0.3) is 0 Å². The van der Waals surface area contributed by atoms with E-state index in [1.165, 1.54) is 11.8 Å². The lowest BCUT2D eigenvalue weighted by molar-refractivity contribution is -0.124. The molecule has 3 aliphatic rings. The highest BCUT2D eigenvalue weighted by molar-refractivity contribution is 8.01. The molecule has 2 aliphatic heterocycles. The first-order valence-corrected chi connectivity index (χ1v) is 11.3. The van der Waals surface area contributed by atoms with Crippen LogP contribution in [-0.2, 0) is 9.59 Å². The van der Waals surface area contributed by atoms with Crippen LogP contribution in [0.2, 0.25) is 5.02 Å². The zero-order valence-corrected chi connectivity index (χ0v) is 17.7. The van der Waals surface area contributed by atoms with Crippen LogP contribution in [0.4, 0.5) is 5.69 Å². The van der Waals surface area contributed by atoms with Crippen molar-refractivity contribution in [3.63, 3.8) is 0 Å². The number of carbonyl (C=O) groups excluding carboxylic acids is 2. The molecule has 8 heteroatoms. The molecule has 2 N–H and O–H groups in total. The van der Waals surface area contributed by atoms with Crippen LogP contribution in [0.3, 0.4) is 0 Å². The summed E-state index contributed by atoms with van der Waals surface area (Å²) in [5.74, 6) is 1.56. The zero-order chi connectivity index (χ0) is 20.7. The third kappa shape index (κ3) is 4.09. The normalized spacial score (nSPS) is 20.7. The molecule has 0 saturated heterocycles. The topological polar surface area (TPSA) is 76.7 Å². The summed E-state index contributed by atoms with van der Waals surface area (Å²) in [6.07, 6.45) is 2.27. The Morgan fingerprint density at radius 1 is 1.17 bits per heavy atom. The van der Waals surface area contributed by atoms with E-state index in [4.69, 9.17) is 21.1 Å². The summed E-state index contributed by atoms with van der Waals surface area (Å²) < 4.78 is 11.3. The molecule has 156 valence electrons. The number of nitrogens with one attached hydrogen (secondary N) is 2. The monoisotopic (exact) mass is 444 g/mol. The minimum Gasteiger partial charge on any atom is -0.486 e. The van der Waals surface area contributed by atoms with Crippen LogP contribution in [0.1, 0.15) is 30.9 Å². The Hall–Kier alpha value is -2.38. The van der Waals surface area contributed by atoms with Crippen molar-refractivity contribution < 1.29 is 19.1 Å². The number of rotatable bonds is 5. The molecule has 1 aliphatic carbocycles. The number of carbonyl (C=O) groups is 2. The van der Waals surface area contributed by atoms with E-state index < -0.39 is 5.25 Å². The predicted molar refractivity (Wildman–Crippen MR) is 115 cm³/mol. The highest BCUT2D eigenvalue weighted by Crippen LogP contribution is 2.44. The van der Waals surface area contributed by atoms with Gasteiger partial charge in [-0.3, -0.25) is 9.59 Å². The van der Waals surface area contributed by atoms with Gasteiger partial charge < -0.3 is 20.1 Å². The molecule has 0 radical (unpaired) electrons. The van der Waals surface area contributed by atoms with E-state index in [-0.39, 0.29) is 24.3 Å². The number of fused-ring (bicyclic) bond motifs is 2. The second kappa shape index (κ2) is 8.04. The molecule has 2 aromatic rings. The van der Waals surface area contributed by atoms with E-state index in [9.17, 15) is 9.59 Å². The Morgan fingerprint density at radius 2 is 1.97 bits per heavy atom. The lowest BCUT2D eigenvalue weighted by Crippen LogP contribution is -2.36. The zero-order valence-electron chi connectivity index (χ0n) is 16.2. The molecule has 1 fully saturated rings. The molecule has 0 bridgehead atoms. The van der Waals surface area contributed by atoms with E-state index in [0.29, 0.717) is 29.8 Å². The summed E-state index contributed by atoms with van der Waals surface area (Å²) in [6.45, 7) is 1.07. The Kier molecular flexibility index (Phi) is 5.25. The standard InChI is InChI=1S/C22H21ClN2O4S/c23-14-4-6-18-15(10-14)24-22(27)19(30-18)11-20(26)25-21(12-1-2-12)13-3-5-16-17(9-13)29-8-7-28-16/h3-6,9-10,12,19,21H,1-2,7-8,11H2,(H,24,27)(H,25,26). The number of halogens is 1. The van der Waals surface area contributed by atoms with Gasteiger partial charge in [-0.05, 0) is 54.7 Å².